The van der Waals surface area contributed by atoms with Crippen LogP contribution in [0.2, 0.25) is 0 Å². The average molecular weight is 153 g/mol. The second-order valence-electron chi connectivity index (χ2n) is 1.89. The van der Waals surface area contributed by atoms with Gasteiger partial charge in [-0.1, -0.05) is 6.42 Å². The van der Waals surface area contributed by atoms with Gasteiger partial charge < -0.3 is 5.32 Å². The molecule has 0 spiro atoms. The highest BCUT2D eigenvalue weighted by Crippen LogP contribution is 2.13. The van der Waals surface area contributed by atoms with Crippen molar-refractivity contribution in [2.24, 2.45) is 0 Å². The minimum atomic E-state index is -0.692. The Labute approximate surface area is 63.0 Å². The maximum atomic E-state index is 12.6. The number of hydrogen-bond donors (Lipinski definition) is 1. The summed E-state index contributed by atoms with van der Waals surface area (Å²) in [6, 6.07) is 5.16. The Morgan fingerprint density at radius 2 is 2.09 bits per heavy atom. The molecule has 0 heterocycles. The molecule has 0 aliphatic rings. The first kappa shape index (κ1) is 7.55. The van der Waals surface area contributed by atoms with Gasteiger partial charge in [-0.3, -0.25) is 0 Å². The van der Waals surface area contributed by atoms with Crippen LogP contribution >= 0.6 is 0 Å². The largest absolute Gasteiger partial charge is 0.312 e. The quantitative estimate of drug-likeness (QED) is 0.480. The maximum Gasteiger partial charge on any atom is 0.150 e. The Morgan fingerprint density at radius 1 is 1.36 bits per heavy atom. The maximum absolute atomic E-state index is 12.6. The number of nitrogens with one attached hydrogen (secondary N) is 1. The van der Waals surface area contributed by atoms with Crippen molar-refractivity contribution in [3.8, 4) is 12.5 Å². The van der Waals surface area contributed by atoms with Gasteiger partial charge >= 0.3 is 0 Å². The Bertz CT molecular complexity index is 301. The normalized spacial score (nSPS) is 8.82. The third kappa shape index (κ3) is 1.68. The van der Waals surface area contributed by atoms with Crippen LogP contribution in [0.15, 0.2) is 18.2 Å². The summed E-state index contributed by atoms with van der Waals surface area (Å²) in [5, 5.41) is 2.29. The van der Waals surface area contributed by atoms with Crippen molar-refractivity contribution >= 4 is 5.69 Å². The fourth-order valence-electron chi connectivity index (χ4n) is 0.669. The van der Waals surface area contributed by atoms with E-state index in [1.165, 1.54) is 6.07 Å². The second-order valence-corrected chi connectivity index (χ2v) is 1.89. The standard InChI is InChI=1S/C8H5F2N/c1-2-11-8-4-3-6(9)5-7(8)10/h1,3-5,11H. The molecule has 0 bridgehead atoms. The van der Waals surface area contributed by atoms with Gasteiger partial charge in [-0.25, -0.2) is 8.78 Å². The molecular weight excluding hydrogens is 148 g/mol. The first-order chi connectivity index (χ1) is 5.24. The number of anilines is 1. The monoisotopic (exact) mass is 153 g/mol. The lowest BCUT2D eigenvalue weighted by Gasteiger charge is -1.98. The van der Waals surface area contributed by atoms with Crippen LogP contribution in [-0.2, 0) is 0 Å². The lowest BCUT2D eigenvalue weighted by atomic mass is 10.3. The Kier molecular flexibility index (Phi) is 2.07. The smallest absolute Gasteiger partial charge is 0.150 e. The molecule has 0 radical (unpaired) electrons. The third-order valence-corrected chi connectivity index (χ3v) is 1.14. The van der Waals surface area contributed by atoms with Crippen molar-refractivity contribution in [3.05, 3.63) is 29.8 Å². The molecule has 0 atom stereocenters. The number of terminal acetylenes is 1. The molecule has 0 saturated carbocycles. The van der Waals surface area contributed by atoms with Crippen LogP contribution in [0.25, 0.3) is 0 Å². The molecule has 1 aromatic carbocycles. The summed E-state index contributed by atoms with van der Waals surface area (Å²) in [5.74, 6) is -1.31. The van der Waals surface area contributed by atoms with Gasteiger partial charge in [0.05, 0.1) is 5.69 Å². The first-order valence-corrected chi connectivity index (χ1v) is 2.90. The Hall–Kier alpha value is -1.56. The van der Waals surface area contributed by atoms with E-state index in [1.807, 2.05) is 6.04 Å². The predicted octanol–water partition coefficient (Wildman–Crippen LogP) is 1.97. The van der Waals surface area contributed by atoms with Crippen LogP contribution in [0, 0.1) is 24.1 Å². The highest BCUT2D eigenvalue weighted by Gasteiger charge is 2.00. The molecule has 1 nitrogen and oxygen atoms in total. The van der Waals surface area contributed by atoms with E-state index in [4.69, 9.17) is 6.42 Å². The zero-order valence-electron chi connectivity index (χ0n) is 5.57. The van der Waals surface area contributed by atoms with Crippen molar-refractivity contribution < 1.29 is 8.78 Å². The number of hydrogen-bond acceptors (Lipinski definition) is 1. The van der Waals surface area contributed by atoms with Crippen molar-refractivity contribution in [1.29, 1.82) is 0 Å². The highest BCUT2D eigenvalue weighted by molar-refractivity contribution is 5.48. The summed E-state index contributed by atoms with van der Waals surface area (Å²) in [6.07, 6.45) is 4.85. The fraction of sp³-hybridized carbons (Fsp3) is 0. The molecule has 0 unspecified atom stereocenters. The molecule has 0 fully saturated rings. The molecule has 0 aliphatic heterocycles. The van der Waals surface area contributed by atoms with E-state index in [0.717, 1.165) is 12.1 Å². The van der Waals surface area contributed by atoms with Crippen LogP contribution in [0.5, 0.6) is 0 Å². The van der Waals surface area contributed by atoms with E-state index in [0.29, 0.717) is 0 Å². The first-order valence-electron chi connectivity index (χ1n) is 2.90. The molecule has 56 valence electrons. The minimum absolute atomic E-state index is 0.105. The van der Waals surface area contributed by atoms with Crippen LogP contribution < -0.4 is 5.32 Å². The summed E-state index contributed by atoms with van der Waals surface area (Å²) in [4.78, 5) is 0. The number of benzene rings is 1. The molecule has 0 amide bonds. The van der Waals surface area contributed by atoms with Crippen molar-refractivity contribution in [2.45, 2.75) is 0 Å². The zero-order valence-corrected chi connectivity index (χ0v) is 5.57. The van der Waals surface area contributed by atoms with Gasteiger partial charge in [0, 0.05) is 12.1 Å². The second kappa shape index (κ2) is 3.02. The van der Waals surface area contributed by atoms with Gasteiger partial charge in [0.25, 0.3) is 0 Å². The Morgan fingerprint density at radius 3 is 2.64 bits per heavy atom. The lowest BCUT2D eigenvalue weighted by Crippen LogP contribution is -1.91. The number of rotatable bonds is 1. The SMILES string of the molecule is C#CNc1ccc(F)cc1F. The summed E-state index contributed by atoms with van der Waals surface area (Å²) in [7, 11) is 0. The predicted molar refractivity (Wildman–Crippen MR) is 38.8 cm³/mol. The van der Waals surface area contributed by atoms with Crippen LogP contribution in [-0.4, -0.2) is 0 Å². The van der Waals surface area contributed by atoms with Crippen LogP contribution in [0.1, 0.15) is 0 Å². The molecule has 3 heteroatoms. The third-order valence-electron chi connectivity index (χ3n) is 1.14. The molecular formula is C8H5F2N. The molecule has 1 N–H and O–H groups in total. The van der Waals surface area contributed by atoms with Gasteiger partial charge in [-0.05, 0) is 12.1 Å². The van der Waals surface area contributed by atoms with E-state index < -0.39 is 11.6 Å². The molecule has 0 aromatic heterocycles. The van der Waals surface area contributed by atoms with Crippen molar-refractivity contribution in [1.82, 2.24) is 0 Å². The minimum Gasteiger partial charge on any atom is -0.312 e. The summed E-state index contributed by atoms with van der Waals surface area (Å²) in [6.45, 7) is 0. The average Bonchev–Trinajstić information content (AvgIpc) is 1.95. The van der Waals surface area contributed by atoms with Crippen molar-refractivity contribution in [2.75, 3.05) is 5.32 Å². The van der Waals surface area contributed by atoms with Gasteiger partial charge in [0.2, 0.25) is 0 Å². The summed E-state index contributed by atoms with van der Waals surface area (Å²) < 4.78 is 24.9. The van der Waals surface area contributed by atoms with E-state index in [2.05, 4.69) is 5.32 Å². The topological polar surface area (TPSA) is 12.0 Å². The van der Waals surface area contributed by atoms with E-state index in [1.54, 1.807) is 0 Å². The van der Waals surface area contributed by atoms with Crippen LogP contribution in [0.3, 0.4) is 0 Å². The van der Waals surface area contributed by atoms with E-state index in [9.17, 15) is 8.78 Å². The van der Waals surface area contributed by atoms with Gasteiger partial charge in [-0.15, -0.1) is 0 Å². The van der Waals surface area contributed by atoms with Gasteiger partial charge in [0.15, 0.2) is 0 Å². The molecule has 0 aliphatic carbocycles. The summed E-state index contributed by atoms with van der Waals surface area (Å²) in [5.41, 5.74) is 0.105. The lowest BCUT2D eigenvalue weighted by molar-refractivity contribution is 0.586. The van der Waals surface area contributed by atoms with E-state index in [-0.39, 0.29) is 5.69 Å². The van der Waals surface area contributed by atoms with Crippen LogP contribution in [0.4, 0.5) is 14.5 Å². The van der Waals surface area contributed by atoms with Crippen molar-refractivity contribution in [3.63, 3.8) is 0 Å². The van der Waals surface area contributed by atoms with E-state index >= 15 is 0 Å². The zero-order chi connectivity index (χ0) is 8.27. The summed E-state index contributed by atoms with van der Waals surface area (Å²) >= 11 is 0. The molecule has 0 saturated heterocycles. The molecule has 11 heavy (non-hydrogen) atoms. The molecule has 1 aromatic rings. The Balaban J connectivity index is 3.01. The molecule has 1 rings (SSSR count). The fourth-order valence-corrected chi connectivity index (χ4v) is 0.669. The number of halogens is 2. The van der Waals surface area contributed by atoms with Gasteiger partial charge in [0.1, 0.15) is 11.6 Å². The highest BCUT2D eigenvalue weighted by atomic mass is 19.1. The van der Waals surface area contributed by atoms with Gasteiger partial charge in [-0.2, -0.15) is 0 Å².